The van der Waals surface area contributed by atoms with Crippen LogP contribution in [0.1, 0.15) is 84.1 Å². The molecule has 0 radical (unpaired) electrons. The fourth-order valence-electron chi connectivity index (χ4n) is 8.10. The zero-order valence-corrected chi connectivity index (χ0v) is 22.7. The van der Waals surface area contributed by atoms with Gasteiger partial charge in [-0.3, -0.25) is 19.4 Å². The van der Waals surface area contributed by atoms with Gasteiger partial charge in [-0.15, -0.1) is 0 Å². The Hall–Kier alpha value is -2.96. The van der Waals surface area contributed by atoms with Crippen LogP contribution in [0, 0.1) is 28.6 Å². The number of fused-ring (bicyclic) bond motifs is 5. The molecule has 0 aromatic carbocycles. The van der Waals surface area contributed by atoms with Crippen molar-refractivity contribution in [2.45, 2.75) is 90.7 Å². The number of amides is 1. The second-order valence-corrected chi connectivity index (χ2v) is 12.3. The van der Waals surface area contributed by atoms with Gasteiger partial charge in [-0.2, -0.15) is 0 Å². The third-order valence-corrected chi connectivity index (χ3v) is 10.2. The van der Waals surface area contributed by atoms with Gasteiger partial charge in [0, 0.05) is 25.2 Å². The molecule has 4 aliphatic carbocycles. The number of rotatable bonds is 7. The average Bonchev–Trinajstić information content (AvgIpc) is 3.25. The molecular formula is C31H40N2O5. The number of hydrogen-bond donors (Lipinski definition) is 2. The summed E-state index contributed by atoms with van der Waals surface area (Å²) in [4.78, 5) is 39.7. The number of carboxylic acid groups (broad SMARTS) is 1. The van der Waals surface area contributed by atoms with Gasteiger partial charge in [0.1, 0.15) is 12.1 Å². The maximum atomic E-state index is 12.5. The maximum Gasteiger partial charge on any atom is 0.325 e. The van der Waals surface area contributed by atoms with Crippen LogP contribution in [-0.2, 0) is 19.1 Å². The van der Waals surface area contributed by atoms with Crippen molar-refractivity contribution < 1.29 is 24.2 Å². The Labute approximate surface area is 225 Å². The average molecular weight is 521 g/mol. The molecule has 2 saturated carbocycles. The first-order valence-electron chi connectivity index (χ1n) is 14.1. The van der Waals surface area contributed by atoms with Crippen LogP contribution in [0.3, 0.4) is 0 Å². The van der Waals surface area contributed by atoms with Gasteiger partial charge in [-0.25, -0.2) is 0 Å². The van der Waals surface area contributed by atoms with E-state index in [-0.39, 0.29) is 35.7 Å². The zero-order valence-electron chi connectivity index (χ0n) is 22.7. The van der Waals surface area contributed by atoms with Gasteiger partial charge in [-0.1, -0.05) is 37.6 Å². The summed E-state index contributed by atoms with van der Waals surface area (Å²) < 4.78 is 5.78. The fraction of sp³-hybridized carbons (Fsp3) is 0.613. The van der Waals surface area contributed by atoms with Crippen LogP contribution in [0.5, 0.6) is 0 Å². The molecule has 4 aliphatic rings. The second kappa shape index (κ2) is 10.3. The lowest BCUT2D eigenvalue weighted by atomic mass is 9.47. The molecule has 5 rings (SSSR count). The molecule has 7 nitrogen and oxygen atoms in total. The summed E-state index contributed by atoms with van der Waals surface area (Å²) in [6.07, 6.45) is 15.8. The van der Waals surface area contributed by atoms with E-state index in [2.05, 4.69) is 42.4 Å². The molecule has 1 aromatic heterocycles. The van der Waals surface area contributed by atoms with E-state index in [4.69, 9.17) is 9.84 Å². The van der Waals surface area contributed by atoms with E-state index in [1.807, 2.05) is 18.5 Å². The summed E-state index contributed by atoms with van der Waals surface area (Å²) >= 11 is 0. The van der Waals surface area contributed by atoms with E-state index in [1.54, 1.807) is 0 Å². The molecule has 204 valence electrons. The molecule has 2 fully saturated rings. The number of aromatic nitrogens is 1. The number of ether oxygens (including phenoxy) is 1. The van der Waals surface area contributed by atoms with Gasteiger partial charge >= 0.3 is 11.9 Å². The van der Waals surface area contributed by atoms with Crippen molar-refractivity contribution in [3.8, 4) is 0 Å². The van der Waals surface area contributed by atoms with E-state index >= 15 is 0 Å². The minimum Gasteiger partial charge on any atom is -0.480 e. The van der Waals surface area contributed by atoms with Crippen molar-refractivity contribution in [2.75, 3.05) is 0 Å². The molecule has 0 spiro atoms. The number of carbonyl (C=O) groups excluding carboxylic acids is 2. The first-order chi connectivity index (χ1) is 18.1. The Morgan fingerprint density at radius 1 is 1.11 bits per heavy atom. The number of carboxylic acids is 1. The molecule has 1 amide bonds. The van der Waals surface area contributed by atoms with Crippen LogP contribution in [-0.4, -0.2) is 40.1 Å². The minimum atomic E-state index is -1.10. The highest BCUT2D eigenvalue weighted by Crippen LogP contribution is 2.66. The fourth-order valence-corrected chi connectivity index (χ4v) is 8.10. The monoisotopic (exact) mass is 520 g/mol. The van der Waals surface area contributed by atoms with Crippen LogP contribution < -0.4 is 5.32 Å². The number of hydrogen-bond acceptors (Lipinski definition) is 5. The van der Waals surface area contributed by atoms with Crippen LogP contribution in [0.4, 0.5) is 0 Å². The molecule has 3 unspecified atom stereocenters. The quantitative estimate of drug-likeness (QED) is 0.372. The van der Waals surface area contributed by atoms with Crippen LogP contribution in [0.15, 0.2) is 42.3 Å². The van der Waals surface area contributed by atoms with Gasteiger partial charge in [0.2, 0.25) is 5.91 Å². The second-order valence-electron chi connectivity index (χ2n) is 12.3. The third kappa shape index (κ3) is 4.80. The maximum absolute atomic E-state index is 12.5. The Morgan fingerprint density at radius 3 is 2.63 bits per heavy atom. The Bertz CT molecular complexity index is 1160. The summed E-state index contributed by atoms with van der Waals surface area (Å²) in [6.45, 7) is 6.31. The molecule has 38 heavy (non-hydrogen) atoms. The van der Waals surface area contributed by atoms with Crippen molar-refractivity contribution >= 4 is 23.4 Å². The number of carbonyl (C=O) groups is 3. The highest BCUT2D eigenvalue weighted by molar-refractivity contribution is 5.85. The van der Waals surface area contributed by atoms with E-state index in [1.165, 1.54) is 36.5 Å². The zero-order chi connectivity index (χ0) is 27.1. The predicted molar refractivity (Wildman–Crippen MR) is 144 cm³/mol. The van der Waals surface area contributed by atoms with Crippen molar-refractivity contribution in [1.82, 2.24) is 10.3 Å². The SMILES string of the molecule is CC(NC(=O)CCC(=O)O[C@H]1CCC2(C)C(=CC[C@H]3C4CC=C(c5cccnc5)[C@@]4(C)CC[C@@H]32)C1)C(=O)O. The number of nitrogens with zero attached hydrogens (tertiary/aromatic N) is 1. The molecule has 1 heterocycles. The summed E-state index contributed by atoms with van der Waals surface area (Å²) in [5.74, 6) is 0.0231. The standard InChI is InChI=1S/C31H40N2O5/c1-19(29(36)37)33-27(34)10-11-28(35)38-22-12-14-30(2)21(17-22)6-7-23-25-9-8-24(20-5-4-16-32-18-20)31(25,3)15-13-26(23)30/h4-6,8,16,18-19,22-23,25-26H,7,9-15,17H2,1-3H3,(H,33,34)(H,36,37)/t19?,22-,23-,25?,26-,30?,31+/m0/s1. The highest BCUT2D eigenvalue weighted by atomic mass is 16.5. The molecule has 2 N–H and O–H groups in total. The normalized spacial score (nSPS) is 34.5. The largest absolute Gasteiger partial charge is 0.480 e. The highest BCUT2D eigenvalue weighted by Gasteiger charge is 2.57. The molecular weight excluding hydrogens is 480 g/mol. The number of allylic oxidation sites excluding steroid dienone is 3. The van der Waals surface area contributed by atoms with E-state index in [0.29, 0.717) is 17.8 Å². The van der Waals surface area contributed by atoms with E-state index in [0.717, 1.165) is 32.1 Å². The Balaban J connectivity index is 1.20. The van der Waals surface area contributed by atoms with Crippen LogP contribution in [0.25, 0.3) is 5.57 Å². The van der Waals surface area contributed by atoms with Gasteiger partial charge < -0.3 is 15.2 Å². The Kier molecular flexibility index (Phi) is 7.23. The lowest BCUT2D eigenvalue weighted by molar-refractivity contribution is -0.152. The minimum absolute atomic E-state index is 0.0395. The molecule has 0 aliphatic heterocycles. The topological polar surface area (TPSA) is 106 Å². The van der Waals surface area contributed by atoms with Gasteiger partial charge in [0.25, 0.3) is 0 Å². The predicted octanol–water partition coefficient (Wildman–Crippen LogP) is 5.32. The summed E-state index contributed by atoms with van der Waals surface area (Å²) in [5, 5.41) is 11.3. The van der Waals surface area contributed by atoms with Crippen LogP contribution >= 0.6 is 0 Å². The summed E-state index contributed by atoms with van der Waals surface area (Å²) in [6, 6.07) is 3.26. The number of esters is 1. The summed E-state index contributed by atoms with van der Waals surface area (Å²) in [7, 11) is 0. The van der Waals surface area contributed by atoms with Crippen molar-refractivity contribution in [2.24, 2.45) is 28.6 Å². The van der Waals surface area contributed by atoms with Gasteiger partial charge in [0.15, 0.2) is 0 Å². The smallest absolute Gasteiger partial charge is 0.325 e. The number of pyridine rings is 1. The molecule has 0 bridgehead atoms. The Morgan fingerprint density at radius 2 is 1.89 bits per heavy atom. The van der Waals surface area contributed by atoms with Gasteiger partial charge in [-0.05, 0) is 91.2 Å². The van der Waals surface area contributed by atoms with Crippen molar-refractivity contribution in [1.29, 1.82) is 0 Å². The van der Waals surface area contributed by atoms with Crippen molar-refractivity contribution in [3.05, 3.63) is 47.8 Å². The molecule has 7 heteroatoms. The molecule has 0 saturated heterocycles. The third-order valence-electron chi connectivity index (χ3n) is 10.2. The van der Waals surface area contributed by atoms with E-state index < -0.39 is 17.9 Å². The summed E-state index contributed by atoms with van der Waals surface area (Å²) in [5.41, 5.74) is 4.54. The van der Waals surface area contributed by atoms with Gasteiger partial charge in [0.05, 0.1) is 6.42 Å². The molecule has 1 aromatic rings. The molecule has 7 atom stereocenters. The number of aliphatic carboxylic acids is 1. The lowest BCUT2D eigenvalue weighted by Gasteiger charge is -2.57. The first kappa shape index (κ1) is 26.6. The van der Waals surface area contributed by atoms with E-state index in [9.17, 15) is 14.4 Å². The van der Waals surface area contributed by atoms with Crippen molar-refractivity contribution in [3.63, 3.8) is 0 Å². The first-order valence-corrected chi connectivity index (χ1v) is 14.1. The lowest BCUT2D eigenvalue weighted by Crippen LogP contribution is -2.50. The van der Waals surface area contributed by atoms with Crippen LogP contribution in [0.2, 0.25) is 0 Å². The number of nitrogens with one attached hydrogen (secondary N) is 1.